The molecule has 9 nitrogen and oxygen atoms in total. The lowest BCUT2D eigenvalue weighted by Gasteiger charge is -2.04. The number of nitro groups is 1. The summed E-state index contributed by atoms with van der Waals surface area (Å²) < 4.78 is 32.0. The zero-order chi connectivity index (χ0) is 17.2. The third-order valence-electron chi connectivity index (χ3n) is 3.02. The normalized spacial score (nSPS) is 11.2. The quantitative estimate of drug-likeness (QED) is 0.555. The Labute approximate surface area is 136 Å². The Hall–Kier alpha value is -3.27. The van der Waals surface area contributed by atoms with E-state index in [2.05, 4.69) is 10.2 Å². The van der Waals surface area contributed by atoms with E-state index in [4.69, 9.17) is 4.42 Å². The van der Waals surface area contributed by atoms with Gasteiger partial charge in [-0.2, -0.15) is 0 Å². The van der Waals surface area contributed by atoms with Crippen molar-refractivity contribution in [3.63, 3.8) is 0 Å². The lowest BCUT2D eigenvalue weighted by atomic mass is 10.2. The Morgan fingerprint density at radius 3 is 2.38 bits per heavy atom. The molecule has 1 heterocycles. The molecule has 1 N–H and O–H groups in total. The molecule has 24 heavy (non-hydrogen) atoms. The van der Waals surface area contributed by atoms with Gasteiger partial charge in [-0.3, -0.25) is 10.1 Å². The predicted molar refractivity (Wildman–Crippen MR) is 83.6 cm³/mol. The number of nitrogens with zero attached hydrogens (tertiary/aromatic N) is 3. The molecule has 0 aliphatic carbocycles. The second kappa shape index (κ2) is 6.08. The van der Waals surface area contributed by atoms with Gasteiger partial charge in [-0.25, -0.2) is 13.1 Å². The Morgan fingerprint density at radius 1 is 1.00 bits per heavy atom. The molecule has 0 bridgehead atoms. The highest BCUT2D eigenvalue weighted by Gasteiger charge is 2.27. The first kappa shape index (κ1) is 15.6. The van der Waals surface area contributed by atoms with Gasteiger partial charge < -0.3 is 4.42 Å². The van der Waals surface area contributed by atoms with E-state index in [9.17, 15) is 18.5 Å². The Kier molecular flexibility index (Phi) is 3.96. The molecule has 0 atom stereocenters. The SMILES string of the molecule is O=[N+]([O-])c1ccccc1S(=O)(=O)Nc1nnc(-c2ccccc2)o1. The molecule has 0 aliphatic heterocycles. The summed E-state index contributed by atoms with van der Waals surface area (Å²) in [5.41, 5.74) is 0.0638. The molecular weight excluding hydrogens is 336 g/mol. The molecule has 122 valence electrons. The number of rotatable bonds is 5. The van der Waals surface area contributed by atoms with Crippen LogP contribution in [-0.2, 0) is 10.0 Å². The molecule has 3 aromatic rings. The fourth-order valence-corrected chi connectivity index (χ4v) is 3.06. The maximum atomic E-state index is 12.3. The van der Waals surface area contributed by atoms with Crippen molar-refractivity contribution in [1.29, 1.82) is 0 Å². The van der Waals surface area contributed by atoms with E-state index >= 15 is 0 Å². The highest BCUT2D eigenvalue weighted by atomic mass is 32.2. The van der Waals surface area contributed by atoms with Crippen molar-refractivity contribution in [1.82, 2.24) is 10.2 Å². The summed E-state index contributed by atoms with van der Waals surface area (Å²) in [7, 11) is -4.25. The zero-order valence-electron chi connectivity index (χ0n) is 12.0. The molecule has 0 unspecified atom stereocenters. The number of aromatic nitrogens is 2. The van der Waals surface area contributed by atoms with Crippen LogP contribution in [0, 0.1) is 10.1 Å². The average Bonchev–Trinajstić information content (AvgIpc) is 3.03. The van der Waals surface area contributed by atoms with Crippen LogP contribution in [-0.4, -0.2) is 23.5 Å². The van der Waals surface area contributed by atoms with Crippen molar-refractivity contribution >= 4 is 21.7 Å². The zero-order valence-corrected chi connectivity index (χ0v) is 12.8. The number of sulfonamides is 1. The van der Waals surface area contributed by atoms with E-state index in [1.807, 2.05) is 4.72 Å². The summed E-state index contributed by atoms with van der Waals surface area (Å²) in [6.07, 6.45) is 0. The van der Waals surface area contributed by atoms with Crippen LogP contribution in [0.4, 0.5) is 11.7 Å². The molecule has 10 heteroatoms. The maximum Gasteiger partial charge on any atom is 0.330 e. The minimum Gasteiger partial charge on any atom is -0.403 e. The molecule has 0 amide bonds. The third-order valence-corrected chi connectivity index (χ3v) is 4.39. The van der Waals surface area contributed by atoms with E-state index in [-0.39, 0.29) is 11.9 Å². The van der Waals surface area contributed by atoms with Crippen molar-refractivity contribution in [2.24, 2.45) is 0 Å². The number of hydrogen-bond acceptors (Lipinski definition) is 7. The molecule has 0 fully saturated rings. The molecule has 0 aliphatic rings. The highest BCUT2D eigenvalue weighted by molar-refractivity contribution is 7.92. The van der Waals surface area contributed by atoms with Gasteiger partial charge in [-0.15, -0.1) is 5.10 Å². The maximum absolute atomic E-state index is 12.3. The van der Waals surface area contributed by atoms with Crippen LogP contribution in [0.5, 0.6) is 0 Å². The van der Waals surface area contributed by atoms with Crippen LogP contribution in [0.25, 0.3) is 11.5 Å². The van der Waals surface area contributed by atoms with E-state index in [1.165, 1.54) is 12.1 Å². The fraction of sp³-hybridized carbons (Fsp3) is 0. The van der Waals surface area contributed by atoms with Crippen LogP contribution in [0.1, 0.15) is 0 Å². The van der Waals surface area contributed by atoms with Crippen LogP contribution >= 0.6 is 0 Å². The Balaban J connectivity index is 1.91. The average molecular weight is 346 g/mol. The van der Waals surface area contributed by atoms with Crippen molar-refractivity contribution in [3.05, 3.63) is 64.7 Å². The lowest BCUT2D eigenvalue weighted by Crippen LogP contribution is -2.14. The molecule has 0 radical (unpaired) electrons. The van der Waals surface area contributed by atoms with Gasteiger partial charge in [0.1, 0.15) is 0 Å². The molecule has 0 spiro atoms. The Morgan fingerprint density at radius 2 is 1.67 bits per heavy atom. The molecular formula is C14H10N4O5S. The molecule has 2 aromatic carbocycles. The van der Waals surface area contributed by atoms with Crippen molar-refractivity contribution in [3.8, 4) is 11.5 Å². The first-order valence-corrected chi connectivity index (χ1v) is 8.11. The number of para-hydroxylation sites is 1. The molecule has 0 saturated carbocycles. The molecule has 0 saturated heterocycles. The minimum absolute atomic E-state index is 0.121. The molecule has 3 rings (SSSR count). The fourth-order valence-electron chi connectivity index (χ4n) is 1.97. The van der Waals surface area contributed by atoms with Crippen LogP contribution in [0.15, 0.2) is 63.9 Å². The van der Waals surface area contributed by atoms with Gasteiger partial charge in [-0.05, 0) is 18.2 Å². The molecule has 1 aromatic heterocycles. The number of hydrogen-bond donors (Lipinski definition) is 1. The minimum atomic E-state index is -4.25. The van der Waals surface area contributed by atoms with E-state index in [0.717, 1.165) is 12.1 Å². The van der Waals surface area contributed by atoms with E-state index in [1.54, 1.807) is 30.3 Å². The van der Waals surface area contributed by atoms with Crippen LogP contribution in [0.3, 0.4) is 0 Å². The number of nitro benzene ring substituents is 1. The predicted octanol–water partition coefficient (Wildman–Crippen LogP) is 2.45. The summed E-state index contributed by atoms with van der Waals surface area (Å²) >= 11 is 0. The highest BCUT2D eigenvalue weighted by Crippen LogP contribution is 2.26. The second-order valence-electron chi connectivity index (χ2n) is 4.61. The van der Waals surface area contributed by atoms with Gasteiger partial charge in [0.05, 0.1) is 4.92 Å². The van der Waals surface area contributed by atoms with Crippen molar-refractivity contribution in [2.75, 3.05) is 4.72 Å². The van der Waals surface area contributed by atoms with Gasteiger partial charge in [-0.1, -0.05) is 35.4 Å². The second-order valence-corrected chi connectivity index (χ2v) is 6.26. The number of nitrogens with one attached hydrogen (secondary N) is 1. The van der Waals surface area contributed by atoms with Gasteiger partial charge >= 0.3 is 6.01 Å². The summed E-state index contributed by atoms with van der Waals surface area (Å²) in [6, 6.07) is 13.3. The first-order valence-electron chi connectivity index (χ1n) is 6.62. The Bertz CT molecular complexity index is 985. The summed E-state index contributed by atoms with van der Waals surface area (Å²) in [5, 5.41) is 18.3. The topological polar surface area (TPSA) is 128 Å². The first-order chi connectivity index (χ1) is 11.5. The van der Waals surface area contributed by atoms with E-state index in [0.29, 0.717) is 5.56 Å². The third kappa shape index (κ3) is 3.08. The van der Waals surface area contributed by atoms with Gasteiger partial charge in [0, 0.05) is 11.6 Å². The van der Waals surface area contributed by atoms with Crippen LogP contribution in [0.2, 0.25) is 0 Å². The number of anilines is 1. The largest absolute Gasteiger partial charge is 0.403 e. The van der Waals surface area contributed by atoms with Crippen molar-refractivity contribution in [2.45, 2.75) is 4.90 Å². The van der Waals surface area contributed by atoms with E-state index < -0.39 is 25.5 Å². The standard InChI is InChI=1S/C14H10N4O5S/c19-18(20)11-8-4-5-9-12(11)24(21,22)17-14-16-15-13(23-14)10-6-2-1-3-7-10/h1-9H,(H,16,17). The van der Waals surface area contributed by atoms with Gasteiger partial charge in [0.15, 0.2) is 4.90 Å². The number of benzene rings is 2. The van der Waals surface area contributed by atoms with Gasteiger partial charge in [0.25, 0.3) is 15.7 Å². The monoisotopic (exact) mass is 346 g/mol. The summed E-state index contributed by atoms with van der Waals surface area (Å²) in [5.74, 6) is 0.121. The lowest BCUT2D eigenvalue weighted by molar-refractivity contribution is -0.387. The van der Waals surface area contributed by atoms with Gasteiger partial charge in [0.2, 0.25) is 5.89 Å². The van der Waals surface area contributed by atoms with Crippen LogP contribution < -0.4 is 4.72 Å². The van der Waals surface area contributed by atoms with Crippen molar-refractivity contribution < 1.29 is 17.8 Å². The summed E-state index contributed by atoms with van der Waals surface area (Å²) in [6.45, 7) is 0. The smallest absolute Gasteiger partial charge is 0.330 e. The summed E-state index contributed by atoms with van der Waals surface area (Å²) in [4.78, 5) is 9.70.